The van der Waals surface area contributed by atoms with Gasteiger partial charge in [-0.2, -0.15) is 0 Å². The van der Waals surface area contributed by atoms with Crippen LogP contribution in [0, 0.1) is 6.92 Å². The lowest BCUT2D eigenvalue weighted by Gasteiger charge is -2.13. The fraction of sp³-hybridized carbons (Fsp3) is 0.200. The third-order valence-corrected chi connectivity index (χ3v) is 3.77. The van der Waals surface area contributed by atoms with Gasteiger partial charge in [0.15, 0.2) is 0 Å². The minimum atomic E-state index is 0. The van der Waals surface area contributed by atoms with E-state index in [0.717, 1.165) is 18.7 Å². The molecule has 0 unspecified atom stereocenters. The molecular formula is C20H22ClNO. The molecule has 0 bridgehead atoms. The Morgan fingerprint density at radius 2 is 1.91 bits per heavy atom. The number of furan rings is 1. The van der Waals surface area contributed by atoms with Gasteiger partial charge in [0, 0.05) is 24.0 Å². The minimum Gasteiger partial charge on any atom is -0.464 e. The molecule has 0 aliphatic carbocycles. The highest BCUT2D eigenvalue weighted by molar-refractivity contribution is 5.85. The topological polar surface area (TPSA) is 16.4 Å². The van der Waals surface area contributed by atoms with E-state index >= 15 is 0 Å². The van der Waals surface area contributed by atoms with Crippen molar-refractivity contribution < 1.29 is 4.42 Å². The molecule has 0 aliphatic rings. The van der Waals surface area contributed by atoms with E-state index in [-0.39, 0.29) is 12.4 Å². The molecule has 2 nitrogen and oxygen atoms in total. The van der Waals surface area contributed by atoms with E-state index < -0.39 is 0 Å². The van der Waals surface area contributed by atoms with Crippen LogP contribution in [-0.4, -0.2) is 18.5 Å². The van der Waals surface area contributed by atoms with E-state index in [1.54, 1.807) is 0 Å². The summed E-state index contributed by atoms with van der Waals surface area (Å²) in [6, 6.07) is 16.7. The first-order chi connectivity index (χ1) is 10.7. The molecule has 0 saturated heterocycles. The SMILES string of the molecule is Cc1cccc(/C=C/CN(C)Cc2coc3ccccc23)c1.Cl. The number of benzene rings is 2. The molecule has 1 heterocycles. The van der Waals surface area contributed by atoms with Gasteiger partial charge in [0.1, 0.15) is 5.58 Å². The van der Waals surface area contributed by atoms with Crippen molar-refractivity contribution in [1.29, 1.82) is 0 Å². The molecule has 0 radical (unpaired) electrons. The number of fused-ring (bicyclic) bond motifs is 1. The molecule has 0 atom stereocenters. The summed E-state index contributed by atoms with van der Waals surface area (Å²) >= 11 is 0. The average molecular weight is 328 g/mol. The summed E-state index contributed by atoms with van der Waals surface area (Å²) < 4.78 is 5.59. The lowest BCUT2D eigenvalue weighted by atomic mass is 10.1. The molecule has 3 rings (SSSR count). The van der Waals surface area contributed by atoms with Crippen molar-refractivity contribution in [3.05, 3.63) is 77.6 Å². The standard InChI is InChI=1S/C20H21NO.ClH/c1-16-7-5-8-17(13-16)9-6-12-21(2)14-18-15-22-20-11-4-3-10-19(18)20;/h3-11,13,15H,12,14H2,1-2H3;1H/b9-6+;. The zero-order valence-electron chi connectivity index (χ0n) is 13.5. The van der Waals surface area contributed by atoms with Crippen molar-refractivity contribution in [3.8, 4) is 0 Å². The van der Waals surface area contributed by atoms with Crippen LogP contribution in [0.25, 0.3) is 17.0 Å². The largest absolute Gasteiger partial charge is 0.464 e. The Balaban J connectivity index is 0.00000192. The van der Waals surface area contributed by atoms with Crippen molar-refractivity contribution in [3.63, 3.8) is 0 Å². The zero-order valence-corrected chi connectivity index (χ0v) is 14.3. The highest BCUT2D eigenvalue weighted by Crippen LogP contribution is 2.21. The molecule has 0 fully saturated rings. The second kappa shape index (κ2) is 8.00. The van der Waals surface area contributed by atoms with Crippen LogP contribution in [0.3, 0.4) is 0 Å². The fourth-order valence-corrected chi connectivity index (χ4v) is 2.65. The zero-order chi connectivity index (χ0) is 15.4. The summed E-state index contributed by atoms with van der Waals surface area (Å²) in [5.74, 6) is 0. The first-order valence-electron chi connectivity index (χ1n) is 7.59. The monoisotopic (exact) mass is 327 g/mol. The van der Waals surface area contributed by atoms with Crippen molar-refractivity contribution in [1.82, 2.24) is 4.90 Å². The minimum absolute atomic E-state index is 0. The van der Waals surface area contributed by atoms with Crippen LogP contribution in [-0.2, 0) is 6.54 Å². The number of rotatable bonds is 5. The quantitative estimate of drug-likeness (QED) is 0.631. The third-order valence-electron chi connectivity index (χ3n) is 3.77. The number of hydrogen-bond acceptors (Lipinski definition) is 2. The maximum atomic E-state index is 5.59. The van der Waals surface area contributed by atoms with Crippen molar-refractivity contribution in [2.75, 3.05) is 13.6 Å². The molecule has 0 amide bonds. The molecule has 23 heavy (non-hydrogen) atoms. The van der Waals surface area contributed by atoms with Gasteiger partial charge in [0.2, 0.25) is 0 Å². The number of halogens is 1. The predicted octanol–water partition coefficient (Wildman–Crippen LogP) is 5.31. The number of aryl methyl sites for hydroxylation is 1. The van der Waals surface area contributed by atoms with Gasteiger partial charge >= 0.3 is 0 Å². The van der Waals surface area contributed by atoms with E-state index in [0.29, 0.717) is 0 Å². The molecule has 0 N–H and O–H groups in total. The first kappa shape index (κ1) is 17.3. The molecule has 2 aromatic carbocycles. The lowest BCUT2D eigenvalue weighted by Crippen LogP contribution is -2.17. The molecule has 3 heteroatoms. The molecule has 0 spiro atoms. The van der Waals surface area contributed by atoms with Gasteiger partial charge in [-0.3, -0.25) is 4.90 Å². The van der Waals surface area contributed by atoms with E-state index in [9.17, 15) is 0 Å². The van der Waals surface area contributed by atoms with E-state index in [4.69, 9.17) is 4.42 Å². The maximum absolute atomic E-state index is 5.59. The molecule has 0 saturated carbocycles. The highest BCUT2D eigenvalue weighted by atomic mass is 35.5. The van der Waals surface area contributed by atoms with Crippen LogP contribution in [0.1, 0.15) is 16.7 Å². The average Bonchev–Trinajstić information content (AvgIpc) is 2.91. The molecule has 3 aromatic rings. The molecule has 120 valence electrons. The van der Waals surface area contributed by atoms with Gasteiger partial charge in [-0.1, -0.05) is 60.2 Å². The van der Waals surface area contributed by atoms with E-state index in [1.165, 1.54) is 22.1 Å². The Morgan fingerprint density at radius 1 is 1.09 bits per heavy atom. The maximum Gasteiger partial charge on any atom is 0.134 e. The van der Waals surface area contributed by atoms with Gasteiger partial charge in [-0.15, -0.1) is 12.4 Å². The number of likely N-dealkylation sites (N-methyl/N-ethyl adjacent to an activating group) is 1. The van der Waals surface area contributed by atoms with Crippen LogP contribution in [0.2, 0.25) is 0 Å². The van der Waals surface area contributed by atoms with Crippen LogP contribution < -0.4 is 0 Å². The van der Waals surface area contributed by atoms with Crippen LogP contribution in [0.5, 0.6) is 0 Å². The second-order valence-electron chi connectivity index (χ2n) is 5.77. The number of nitrogens with zero attached hydrogens (tertiary/aromatic N) is 1. The van der Waals surface area contributed by atoms with Gasteiger partial charge in [-0.05, 0) is 25.6 Å². The summed E-state index contributed by atoms with van der Waals surface area (Å²) in [4.78, 5) is 2.28. The number of hydrogen-bond donors (Lipinski definition) is 0. The molecule has 0 aliphatic heterocycles. The summed E-state index contributed by atoms with van der Waals surface area (Å²) in [6.45, 7) is 3.91. The number of para-hydroxylation sites is 1. The summed E-state index contributed by atoms with van der Waals surface area (Å²) in [6.07, 6.45) is 6.25. The van der Waals surface area contributed by atoms with Gasteiger partial charge in [0.05, 0.1) is 6.26 Å². The smallest absolute Gasteiger partial charge is 0.134 e. The Morgan fingerprint density at radius 3 is 2.74 bits per heavy atom. The lowest BCUT2D eigenvalue weighted by molar-refractivity contribution is 0.363. The van der Waals surface area contributed by atoms with Crippen molar-refractivity contribution in [2.45, 2.75) is 13.5 Å². The second-order valence-corrected chi connectivity index (χ2v) is 5.77. The van der Waals surface area contributed by atoms with Crippen molar-refractivity contribution >= 4 is 29.5 Å². The normalized spacial score (nSPS) is 11.3. The summed E-state index contributed by atoms with van der Waals surface area (Å²) in [7, 11) is 2.13. The molecular weight excluding hydrogens is 306 g/mol. The summed E-state index contributed by atoms with van der Waals surface area (Å²) in [5.41, 5.74) is 4.74. The molecule has 1 aromatic heterocycles. The highest BCUT2D eigenvalue weighted by Gasteiger charge is 2.06. The fourth-order valence-electron chi connectivity index (χ4n) is 2.65. The third kappa shape index (κ3) is 4.47. The summed E-state index contributed by atoms with van der Waals surface area (Å²) in [5, 5.41) is 1.21. The first-order valence-corrected chi connectivity index (χ1v) is 7.59. The van der Waals surface area contributed by atoms with Gasteiger partial charge < -0.3 is 4.42 Å². The predicted molar refractivity (Wildman–Crippen MR) is 100 cm³/mol. The Labute approximate surface area is 143 Å². The van der Waals surface area contributed by atoms with E-state index in [2.05, 4.69) is 67.4 Å². The van der Waals surface area contributed by atoms with E-state index in [1.807, 2.05) is 18.4 Å². The Bertz CT molecular complexity index is 791. The van der Waals surface area contributed by atoms with Gasteiger partial charge in [-0.25, -0.2) is 0 Å². The Hall–Kier alpha value is -2.03. The van der Waals surface area contributed by atoms with Crippen molar-refractivity contribution in [2.24, 2.45) is 0 Å². The van der Waals surface area contributed by atoms with Gasteiger partial charge in [0.25, 0.3) is 0 Å². The van der Waals surface area contributed by atoms with Crippen LogP contribution in [0.15, 0.2) is 65.3 Å². The van der Waals surface area contributed by atoms with Crippen LogP contribution >= 0.6 is 12.4 Å². The Kier molecular flexibility index (Phi) is 6.03. The van der Waals surface area contributed by atoms with Crippen LogP contribution in [0.4, 0.5) is 0 Å².